The van der Waals surface area contributed by atoms with Crippen molar-refractivity contribution in [1.82, 2.24) is 0 Å². The van der Waals surface area contributed by atoms with Crippen LogP contribution in [0.1, 0.15) is 16.7 Å². The summed E-state index contributed by atoms with van der Waals surface area (Å²) in [4.78, 5) is 1.30. The summed E-state index contributed by atoms with van der Waals surface area (Å²) in [5, 5.41) is 0.836. The summed E-state index contributed by atoms with van der Waals surface area (Å²) in [6.45, 7) is 2.80. The van der Waals surface area contributed by atoms with E-state index in [2.05, 4.69) is 31.2 Å². The van der Waals surface area contributed by atoms with Gasteiger partial charge in [0.15, 0.2) is 0 Å². The molecule has 0 saturated heterocycles. The second-order valence-electron chi connectivity index (χ2n) is 4.53. The summed E-state index contributed by atoms with van der Waals surface area (Å²) < 4.78 is 0. The quantitative estimate of drug-likeness (QED) is 0.824. The van der Waals surface area contributed by atoms with E-state index in [1.807, 2.05) is 30.0 Å². The van der Waals surface area contributed by atoms with Crippen molar-refractivity contribution in [3.63, 3.8) is 0 Å². The van der Waals surface area contributed by atoms with E-state index in [-0.39, 0.29) is 0 Å². The predicted octanol–water partition coefficient (Wildman–Crippen LogP) is 4.44. The minimum absolute atomic E-state index is 0.684. The minimum atomic E-state index is 0.684. The van der Waals surface area contributed by atoms with Gasteiger partial charge in [0, 0.05) is 15.7 Å². The molecule has 3 heteroatoms. The van der Waals surface area contributed by atoms with Crippen LogP contribution in [0.3, 0.4) is 0 Å². The molecule has 0 bridgehead atoms. The number of halogens is 1. The number of aryl methyl sites for hydroxylation is 1. The molecule has 100 valence electrons. The molecule has 0 saturated carbocycles. The van der Waals surface area contributed by atoms with E-state index in [1.165, 1.54) is 21.6 Å². The van der Waals surface area contributed by atoms with Crippen molar-refractivity contribution in [3.8, 4) is 0 Å². The lowest BCUT2D eigenvalue weighted by Crippen LogP contribution is -2.04. The first kappa shape index (κ1) is 14.4. The molecule has 0 aromatic heterocycles. The molecule has 0 aliphatic carbocycles. The maximum Gasteiger partial charge on any atom is 0.0446 e. The second-order valence-corrected chi connectivity index (χ2v) is 5.95. The maximum absolute atomic E-state index is 6.18. The maximum atomic E-state index is 6.18. The first-order valence-electron chi connectivity index (χ1n) is 6.36. The van der Waals surface area contributed by atoms with E-state index < -0.39 is 0 Å². The molecule has 2 N–H and O–H groups in total. The van der Waals surface area contributed by atoms with Crippen LogP contribution in [0.25, 0.3) is 0 Å². The van der Waals surface area contributed by atoms with Crippen LogP contribution in [0.4, 0.5) is 0 Å². The predicted molar refractivity (Wildman–Crippen MR) is 85.0 cm³/mol. The topological polar surface area (TPSA) is 26.0 Å². The Balaban J connectivity index is 2.13. The average Bonchev–Trinajstić information content (AvgIpc) is 2.40. The van der Waals surface area contributed by atoms with Crippen LogP contribution < -0.4 is 5.73 Å². The second kappa shape index (κ2) is 6.99. The molecular weight excluding hydrogens is 274 g/mol. The van der Waals surface area contributed by atoms with Crippen LogP contribution in [-0.2, 0) is 12.2 Å². The van der Waals surface area contributed by atoms with Crippen molar-refractivity contribution in [2.45, 2.75) is 24.0 Å². The Morgan fingerprint density at radius 1 is 1.11 bits per heavy atom. The summed E-state index contributed by atoms with van der Waals surface area (Å²) in [6.07, 6.45) is 0.923. The van der Waals surface area contributed by atoms with Gasteiger partial charge in [-0.05, 0) is 43.1 Å². The monoisotopic (exact) mass is 291 g/mol. The van der Waals surface area contributed by atoms with Crippen molar-refractivity contribution in [2.24, 2.45) is 5.73 Å². The number of benzene rings is 2. The largest absolute Gasteiger partial charge is 0.330 e. The average molecular weight is 292 g/mol. The molecule has 2 aromatic rings. The van der Waals surface area contributed by atoms with E-state index in [1.54, 1.807) is 0 Å². The van der Waals surface area contributed by atoms with Gasteiger partial charge in [0.1, 0.15) is 0 Å². The van der Waals surface area contributed by atoms with Crippen molar-refractivity contribution in [2.75, 3.05) is 6.54 Å². The lowest BCUT2D eigenvalue weighted by Gasteiger charge is -2.10. The molecule has 0 unspecified atom stereocenters. The van der Waals surface area contributed by atoms with Gasteiger partial charge in [-0.3, -0.25) is 0 Å². The molecule has 2 rings (SSSR count). The molecule has 0 atom stereocenters. The lowest BCUT2D eigenvalue weighted by atomic mass is 10.1. The Bertz CT molecular complexity index is 554. The van der Waals surface area contributed by atoms with Crippen LogP contribution in [0, 0.1) is 6.92 Å². The highest BCUT2D eigenvalue weighted by atomic mass is 35.5. The number of hydrogen-bond acceptors (Lipinski definition) is 2. The van der Waals surface area contributed by atoms with Crippen molar-refractivity contribution in [3.05, 3.63) is 64.2 Å². The Hall–Kier alpha value is -0.960. The van der Waals surface area contributed by atoms with Crippen LogP contribution in [0.5, 0.6) is 0 Å². The molecule has 0 fully saturated rings. The summed E-state index contributed by atoms with van der Waals surface area (Å²) >= 11 is 8.01. The highest BCUT2D eigenvalue weighted by Crippen LogP contribution is 2.29. The molecule has 0 heterocycles. The third-order valence-electron chi connectivity index (χ3n) is 2.97. The van der Waals surface area contributed by atoms with Gasteiger partial charge in [-0.2, -0.15) is 0 Å². The standard InChI is InChI=1S/C16H18ClNS/c1-12-6-7-16(13(10-12)8-9-18)19-11-14-4-2-3-5-15(14)17/h2-7,10H,8-9,11,18H2,1H3. The first-order chi connectivity index (χ1) is 9.20. The first-order valence-corrected chi connectivity index (χ1v) is 7.73. The van der Waals surface area contributed by atoms with Gasteiger partial charge in [-0.15, -0.1) is 11.8 Å². The molecule has 2 aromatic carbocycles. The van der Waals surface area contributed by atoms with Crippen molar-refractivity contribution in [1.29, 1.82) is 0 Å². The third-order valence-corrected chi connectivity index (χ3v) is 4.50. The summed E-state index contributed by atoms with van der Waals surface area (Å²) in [5.41, 5.74) is 9.47. The van der Waals surface area contributed by atoms with Gasteiger partial charge in [-0.1, -0.05) is 47.5 Å². The van der Waals surface area contributed by atoms with Gasteiger partial charge in [0.2, 0.25) is 0 Å². The van der Waals surface area contributed by atoms with Crippen LogP contribution in [0.2, 0.25) is 5.02 Å². The molecule has 0 spiro atoms. The SMILES string of the molecule is Cc1ccc(SCc2ccccc2Cl)c(CCN)c1. The fourth-order valence-electron chi connectivity index (χ4n) is 1.97. The van der Waals surface area contributed by atoms with Gasteiger partial charge >= 0.3 is 0 Å². The Morgan fingerprint density at radius 2 is 1.89 bits per heavy atom. The van der Waals surface area contributed by atoms with E-state index in [4.69, 9.17) is 17.3 Å². The van der Waals surface area contributed by atoms with E-state index in [0.717, 1.165) is 17.2 Å². The lowest BCUT2D eigenvalue weighted by molar-refractivity contribution is 0.941. The molecule has 1 nitrogen and oxygen atoms in total. The number of nitrogens with two attached hydrogens (primary N) is 1. The zero-order valence-corrected chi connectivity index (χ0v) is 12.6. The van der Waals surface area contributed by atoms with Crippen LogP contribution in [-0.4, -0.2) is 6.54 Å². The number of rotatable bonds is 5. The zero-order chi connectivity index (χ0) is 13.7. The fraction of sp³-hybridized carbons (Fsp3) is 0.250. The minimum Gasteiger partial charge on any atom is -0.330 e. The normalized spacial score (nSPS) is 10.7. The Morgan fingerprint density at radius 3 is 2.63 bits per heavy atom. The Kier molecular flexibility index (Phi) is 5.32. The molecule has 0 aliphatic heterocycles. The zero-order valence-electron chi connectivity index (χ0n) is 11.0. The number of hydrogen-bond donors (Lipinski definition) is 1. The third kappa shape index (κ3) is 4.00. The molecule has 0 amide bonds. The molecule has 19 heavy (non-hydrogen) atoms. The molecule has 0 radical (unpaired) electrons. The number of thioether (sulfide) groups is 1. The van der Waals surface area contributed by atoms with Gasteiger partial charge < -0.3 is 5.73 Å². The molecule has 0 aliphatic rings. The smallest absolute Gasteiger partial charge is 0.0446 e. The van der Waals surface area contributed by atoms with E-state index in [0.29, 0.717) is 6.54 Å². The van der Waals surface area contributed by atoms with E-state index in [9.17, 15) is 0 Å². The van der Waals surface area contributed by atoms with Crippen LogP contribution in [0.15, 0.2) is 47.4 Å². The fourth-order valence-corrected chi connectivity index (χ4v) is 3.33. The van der Waals surface area contributed by atoms with E-state index >= 15 is 0 Å². The summed E-state index contributed by atoms with van der Waals surface area (Å²) in [6, 6.07) is 14.6. The highest BCUT2D eigenvalue weighted by Gasteiger charge is 2.05. The Labute approximate surface area is 124 Å². The van der Waals surface area contributed by atoms with Gasteiger partial charge in [-0.25, -0.2) is 0 Å². The van der Waals surface area contributed by atoms with Gasteiger partial charge in [0.05, 0.1) is 0 Å². The van der Waals surface area contributed by atoms with Crippen molar-refractivity contribution >= 4 is 23.4 Å². The van der Waals surface area contributed by atoms with Crippen molar-refractivity contribution < 1.29 is 0 Å². The molecular formula is C16H18ClNS. The van der Waals surface area contributed by atoms with Crippen LogP contribution >= 0.6 is 23.4 Å². The van der Waals surface area contributed by atoms with Gasteiger partial charge in [0.25, 0.3) is 0 Å². The highest BCUT2D eigenvalue weighted by molar-refractivity contribution is 7.98. The summed E-state index contributed by atoms with van der Waals surface area (Å²) in [5.74, 6) is 0.889. The summed E-state index contributed by atoms with van der Waals surface area (Å²) in [7, 11) is 0.